The van der Waals surface area contributed by atoms with Crippen LogP contribution in [0.2, 0.25) is 0 Å². The number of hydrogen-bond acceptors (Lipinski definition) is 8. The first-order valence-electron chi connectivity index (χ1n) is 42.6. The lowest BCUT2D eigenvalue weighted by Crippen LogP contribution is -2.29. The lowest BCUT2D eigenvalue weighted by molar-refractivity contribution is 0.669. The third-order valence-electron chi connectivity index (χ3n) is 26.5. The number of benzene rings is 18. The molecule has 0 spiro atoms. The molecule has 8 heteroatoms. The van der Waals surface area contributed by atoms with Crippen LogP contribution in [0.25, 0.3) is 168 Å². The lowest BCUT2D eigenvalue weighted by Gasteiger charge is -2.35. The van der Waals surface area contributed by atoms with Gasteiger partial charge in [0.25, 0.3) is 0 Å². The van der Waals surface area contributed by atoms with Gasteiger partial charge in [0.1, 0.15) is 22.3 Å². The Morgan fingerprint density at radius 3 is 1.01 bits per heavy atom. The Bertz CT molecular complexity index is 8010. The van der Waals surface area contributed by atoms with Crippen molar-refractivity contribution in [1.82, 2.24) is 29.9 Å². The van der Waals surface area contributed by atoms with Gasteiger partial charge in [-0.15, -0.1) is 0 Å². The lowest BCUT2D eigenvalue weighted by atomic mass is 9.66. The molecule has 18 aromatic carbocycles. The Labute approximate surface area is 721 Å². The molecule has 0 amide bonds. The van der Waals surface area contributed by atoms with Crippen LogP contribution in [0.3, 0.4) is 0 Å². The van der Waals surface area contributed by atoms with Crippen molar-refractivity contribution in [2.24, 2.45) is 0 Å². The maximum atomic E-state index is 7.18. The maximum Gasteiger partial charge on any atom is 0.167 e. The molecule has 0 saturated heterocycles. The predicted molar refractivity (Wildman–Crippen MR) is 503 cm³/mol. The number of fused-ring (bicyclic) bond motifs is 15. The average Bonchev–Trinajstić information content (AvgIpc) is 1.54. The topological polar surface area (TPSA) is 104 Å². The SMILES string of the molecule is c1ccc(-c2ccccc2-c2nc(-c3cccc4c3C(c3ccccc3)(c3ccccc3)c3ccccc3-4)nc(-c3cc(-c4ccc(C5(c6ccccc6)c6ccccc6-c6c(-c7nc(-c8cccc9c8C(c8ccccc8)(c8ccccc8)c8ccccc8-9)nc(-c8cccc9c8oc8ccccc89)n7)cccc65)cc4)cc4c3oc3ccccc34)n2)cc1. The van der Waals surface area contributed by atoms with Crippen LogP contribution in [0.1, 0.15) is 66.8 Å². The van der Waals surface area contributed by atoms with Crippen molar-refractivity contribution in [2.45, 2.75) is 16.2 Å². The van der Waals surface area contributed by atoms with Gasteiger partial charge in [-0.2, -0.15) is 0 Å². The van der Waals surface area contributed by atoms with Gasteiger partial charge in [-0.3, -0.25) is 0 Å². The summed E-state index contributed by atoms with van der Waals surface area (Å²) < 4.78 is 14.1. The van der Waals surface area contributed by atoms with Gasteiger partial charge in [0.05, 0.1) is 27.4 Å². The van der Waals surface area contributed by atoms with E-state index in [2.05, 4.69) is 419 Å². The Kier molecular flexibility index (Phi) is 16.2. The molecule has 582 valence electrons. The first-order chi connectivity index (χ1) is 62.0. The van der Waals surface area contributed by atoms with Crippen LogP contribution in [0.15, 0.2) is 446 Å². The van der Waals surface area contributed by atoms with E-state index in [1.54, 1.807) is 0 Å². The van der Waals surface area contributed by atoms with Crippen molar-refractivity contribution >= 4 is 43.9 Å². The number of para-hydroxylation sites is 3. The highest BCUT2D eigenvalue weighted by atomic mass is 16.3. The van der Waals surface area contributed by atoms with Gasteiger partial charge in [-0.1, -0.05) is 406 Å². The Morgan fingerprint density at radius 2 is 0.488 bits per heavy atom. The fourth-order valence-electron chi connectivity index (χ4n) is 21.4. The van der Waals surface area contributed by atoms with Gasteiger partial charge < -0.3 is 8.83 Å². The van der Waals surface area contributed by atoms with E-state index in [-0.39, 0.29) is 0 Å². The van der Waals surface area contributed by atoms with Crippen LogP contribution < -0.4 is 0 Å². The Hall–Kier alpha value is -16.4. The van der Waals surface area contributed by atoms with E-state index in [1.807, 2.05) is 18.2 Å². The molecule has 8 nitrogen and oxygen atoms in total. The number of rotatable bonds is 14. The quantitative estimate of drug-likeness (QED) is 0.106. The van der Waals surface area contributed by atoms with Crippen LogP contribution in [-0.2, 0) is 16.2 Å². The highest BCUT2D eigenvalue weighted by molar-refractivity contribution is 6.12. The fraction of sp³-hybridized carbons (Fsp3) is 0.0256. The molecule has 0 aliphatic heterocycles. The molecule has 22 aromatic rings. The van der Waals surface area contributed by atoms with E-state index < -0.39 is 16.2 Å². The van der Waals surface area contributed by atoms with Crippen LogP contribution in [0.4, 0.5) is 0 Å². The van der Waals surface area contributed by atoms with Crippen molar-refractivity contribution in [3.05, 3.63) is 504 Å². The zero-order valence-corrected chi connectivity index (χ0v) is 67.6. The van der Waals surface area contributed by atoms with Gasteiger partial charge >= 0.3 is 0 Å². The zero-order valence-electron chi connectivity index (χ0n) is 67.6. The number of aromatic nitrogens is 6. The minimum atomic E-state index is -0.863. The fourth-order valence-corrected chi connectivity index (χ4v) is 21.4. The third-order valence-corrected chi connectivity index (χ3v) is 26.5. The summed E-state index contributed by atoms with van der Waals surface area (Å²) in [7, 11) is 0. The van der Waals surface area contributed by atoms with Crippen molar-refractivity contribution in [1.29, 1.82) is 0 Å². The predicted octanol–water partition coefficient (Wildman–Crippen LogP) is 28.3. The summed E-state index contributed by atoms with van der Waals surface area (Å²) in [6, 6.07) is 157. The molecule has 25 rings (SSSR count). The highest BCUT2D eigenvalue weighted by Crippen LogP contribution is 2.63. The van der Waals surface area contributed by atoms with Gasteiger partial charge in [-0.05, 0) is 153 Å². The molecule has 4 heterocycles. The van der Waals surface area contributed by atoms with Gasteiger partial charge in [0.2, 0.25) is 0 Å². The third kappa shape index (κ3) is 10.6. The van der Waals surface area contributed by atoms with E-state index in [0.717, 1.165) is 177 Å². The first-order valence-corrected chi connectivity index (χ1v) is 42.6. The summed E-state index contributed by atoms with van der Waals surface area (Å²) in [5.74, 6) is 3.11. The van der Waals surface area contributed by atoms with Crippen LogP contribution in [0, 0.1) is 0 Å². The standard InChI is InChI=1S/C117H72N6O2/c1-7-35-74(36-8-1)82-47-19-20-52-90(82)109-118-111(93-58-31-54-87-83-48-21-26-61-98(83)116(105(87)93,77-39-11-3-12-40-77)78-41-13-4-14-42-78)123-114(119-109)97-72-75(71-96-86-51-25-30-66-103(86)125-108(96)97)73-67-69-81(70-68-73)115(76-37-9-2-10-38-76)100-63-28-23-53-91(100)104-92(57-34-64-101(104)115)110-120-112(122-113(121-110)95-60-33-56-89-85-50-24-29-65-102(85)124-107(89)95)94-59-32-55-88-84-49-22-27-62-99(84)117(106(88)94,79-43-15-5-16-44-79)80-45-17-6-18-46-80/h1-72H. The second kappa shape index (κ2) is 28.4. The molecule has 0 N–H and O–H groups in total. The second-order valence-corrected chi connectivity index (χ2v) is 32.8. The van der Waals surface area contributed by atoms with Crippen LogP contribution in [0.5, 0.6) is 0 Å². The normalized spacial score (nSPS) is 14.2. The average molecular weight is 1590 g/mol. The van der Waals surface area contributed by atoms with Gasteiger partial charge in [-0.25, -0.2) is 29.9 Å². The zero-order chi connectivity index (χ0) is 82.3. The number of nitrogens with zero attached hydrogens (tertiary/aromatic N) is 6. The monoisotopic (exact) mass is 1590 g/mol. The summed E-state index contributed by atoms with van der Waals surface area (Å²) in [6.45, 7) is 0. The minimum absolute atomic E-state index is 0.473. The van der Waals surface area contributed by atoms with E-state index in [4.69, 9.17) is 38.7 Å². The summed E-state index contributed by atoms with van der Waals surface area (Å²) in [5, 5.41) is 3.92. The van der Waals surface area contributed by atoms with E-state index in [0.29, 0.717) is 46.1 Å². The largest absolute Gasteiger partial charge is 0.455 e. The number of furan rings is 2. The molecular formula is C117H72N6O2. The molecular weight excluding hydrogens is 1520 g/mol. The first kappa shape index (κ1) is 71.5. The molecule has 1 atom stereocenters. The van der Waals surface area contributed by atoms with E-state index >= 15 is 0 Å². The molecule has 0 fully saturated rings. The molecule has 0 saturated carbocycles. The molecule has 0 radical (unpaired) electrons. The van der Waals surface area contributed by atoms with E-state index in [1.165, 1.54) is 11.1 Å². The van der Waals surface area contributed by atoms with Crippen molar-refractivity contribution < 1.29 is 8.83 Å². The van der Waals surface area contributed by atoms with Crippen molar-refractivity contribution in [3.8, 4) is 124 Å². The van der Waals surface area contributed by atoms with Crippen LogP contribution in [-0.4, -0.2) is 29.9 Å². The van der Waals surface area contributed by atoms with Crippen LogP contribution >= 0.6 is 0 Å². The molecule has 1 unspecified atom stereocenters. The summed E-state index contributed by atoms with van der Waals surface area (Å²) in [5.41, 5.74) is 29.8. The molecule has 3 aliphatic carbocycles. The van der Waals surface area contributed by atoms with Crippen molar-refractivity contribution in [2.75, 3.05) is 0 Å². The molecule has 3 aliphatic rings. The van der Waals surface area contributed by atoms with Crippen molar-refractivity contribution in [3.63, 3.8) is 0 Å². The Morgan fingerprint density at radius 1 is 0.168 bits per heavy atom. The minimum Gasteiger partial charge on any atom is -0.455 e. The van der Waals surface area contributed by atoms with E-state index in [9.17, 15) is 0 Å². The second-order valence-electron chi connectivity index (χ2n) is 32.8. The molecule has 0 bridgehead atoms. The summed E-state index contributed by atoms with van der Waals surface area (Å²) in [4.78, 5) is 34.7. The maximum absolute atomic E-state index is 7.18. The van der Waals surface area contributed by atoms with Gasteiger partial charge in [0.15, 0.2) is 34.9 Å². The number of hydrogen-bond donors (Lipinski definition) is 0. The Balaban J connectivity index is 0.692. The highest BCUT2D eigenvalue weighted by Gasteiger charge is 2.51. The smallest absolute Gasteiger partial charge is 0.167 e. The summed E-state index contributed by atoms with van der Waals surface area (Å²) in [6.07, 6.45) is 0. The summed E-state index contributed by atoms with van der Waals surface area (Å²) >= 11 is 0. The molecule has 4 aromatic heterocycles. The van der Waals surface area contributed by atoms with Gasteiger partial charge in [0, 0.05) is 43.8 Å². The molecule has 125 heavy (non-hydrogen) atoms.